The highest BCUT2D eigenvalue weighted by molar-refractivity contribution is 7.92. The zero-order chi connectivity index (χ0) is 35.7. The smallest absolute Gasteiger partial charge is 0.496 e. The molecule has 2 saturated carbocycles. The van der Waals surface area contributed by atoms with Crippen LogP contribution >= 0.6 is 0 Å². The quantitative estimate of drug-likeness (QED) is 0.175. The van der Waals surface area contributed by atoms with E-state index in [2.05, 4.69) is 10.6 Å². The van der Waals surface area contributed by atoms with Crippen LogP contribution in [0.2, 0.25) is 0 Å². The summed E-state index contributed by atoms with van der Waals surface area (Å²) in [5, 5.41) is 5.17. The molecule has 2 aromatic carbocycles. The van der Waals surface area contributed by atoms with Crippen molar-refractivity contribution < 1.29 is 59.0 Å². The average Bonchev–Trinajstić information content (AvgIpc) is 3.67. The third kappa shape index (κ3) is 7.53. The van der Waals surface area contributed by atoms with E-state index < -0.39 is 55.6 Å². The van der Waals surface area contributed by atoms with Gasteiger partial charge in [-0.2, -0.15) is 13.2 Å². The van der Waals surface area contributed by atoms with Crippen molar-refractivity contribution >= 4 is 33.3 Å². The lowest BCUT2D eigenvalue weighted by Crippen LogP contribution is -2.47. The molecule has 3 aliphatic rings. The number of fused-ring (bicyclic) bond motifs is 2. The van der Waals surface area contributed by atoms with Crippen molar-refractivity contribution in [2.75, 3.05) is 25.6 Å². The van der Waals surface area contributed by atoms with E-state index in [0.717, 1.165) is 12.1 Å². The van der Waals surface area contributed by atoms with Gasteiger partial charge in [0, 0.05) is 17.8 Å². The predicted molar refractivity (Wildman–Crippen MR) is 164 cm³/mol. The molecule has 2 bridgehead atoms. The molecule has 4 atom stereocenters. The van der Waals surface area contributed by atoms with E-state index in [1.807, 2.05) is 6.08 Å². The third-order valence-corrected chi connectivity index (χ3v) is 10.8. The van der Waals surface area contributed by atoms with E-state index in [-0.39, 0.29) is 59.0 Å². The summed E-state index contributed by atoms with van der Waals surface area (Å²) in [5.74, 6) is -6.11. The first kappa shape index (κ1) is 36.1. The van der Waals surface area contributed by atoms with Crippen molar-refractivity contribution in [3.05, 3.63) is 59.7 Å². The third-order valence-electron chi connectivity index (χ3n) is 9.29. The van der Waals surface area contributed by atoms with E-state index in [1.54, 1.807) is 13.0 Å². The molecule has 5 rings (SSSR count). The number of esters is 1. The second kappa shape index (κ2) is 14.3. The summed E-state index contributed by atoms with van der Waals surface area (Å²) < 4.78 is 108. The van der Waals surface area contributed by atoms with Crippen molar-refractivity contribution in [2.24, 2.45) is 29.6 Å². The zero-order valence-electron chi connectivity index (χ0n) is 26.5. The Kier molecular flexibility index (Phi) is 10.6. The molecule has 0 aliphatic heterocycles. The first-order chi connectivity index (χ1) is 23.1. The Labute approximate surface area is 279 Å². The predicted octanol–water partition coefficient (Wildman–Crippen LogP) is 5.57. The number of benzene rings is 2. The van der Waals surface area contributed by atoms with Gasteiger partial charge in [-0.15, -0.1) is 0 Å². The number of amides is 2. The average molecular weight is 715 g/mol. The van der Waals surface area contributed by atoms with E-state index in [4.69, 9.17) is 14.2 Å². The maximum absolute atomic E-state index is 15.0. The number of allylic oxidation sites excluding steroid dienone is 1. The van der Waals surface area contributed by atoms with Gasteiger partial charge in [0.25, 0.3) is 15.7 Å². The summed E-state index contributed by atoms with van der Waals surface area (Å²) in [6.45, 7) is 2.20. The highest BCUT2D eigenvalue weighted by atomic mass is 32.2. The lowest BCUT2D eigenvalue weighted by Gasteiger charge is -2.28. The van der Waals surface area contributed by atoms with Gasteiger partial charge in [0.05, 0.1) is 37.7 Å². The Morgan fingerprint density at radius 1 is 0.939 bits per heavy atom. The maximum atomic E-state index is 15.0. The monoisotopic (exact) mass is 714 g/mol. The van der Waals surface area contributed by atoms with Crippen LogP contribution in [-0.2, 0) is 24.2 Å². The lowest BCUT2D eigenvalue weighted by molar-refractivity contribution is -0.149. The molecule has 1 unspecified atom stereocenters. The summed E-state index contributed by atoms with van der Waals surface area (Å²) >= 11 is 0. The topological polar surface area (TPSA) is 137 Å². The second-order valence-electron chi connectivity index (χ2n) is 12.3. The largest absolute Gasteiger partial charge is 0.502 e. The minimum absolute atomic E-state index is 0.0512. The van der Waals surface area contributed by atoms with Crippen LogP contribution in [0.25, 0.3) is 0 Å². The standard InChI is InChI=1S/C33H35F5N2O8S/c1-3-47-32(43)18-6-4-17(5-7-18)16-48-26-14-22(25(46-2)15-24(26)35)30(41)40-29-20-9-8-19(12-20)28(29)31(42)39-21-10-11-23(34)27(13-21)49(44,45)33(36,37)38/h8-11,13-15,17-20,28-29H,3-7,12,16H2,1-2H3,(H,39,42)(H,40,41)/t17?,18?,19-,20?,28+,29-/m1/s1. The summed E-state index contributed by atoms with van der Waals surface area (Å²) in [5.41, 5.74) is -6.22. The van der Waals surface area contributed by atoms with Gasteiger partial charge in [0.2, 0.25) is 5.91 Å². The number of alkyl halides is 3. The van der Waals surface area contributed by atoms with Crippen molar-refractivity contribution in [1.29, 1.82) is 0 Å². The molecule has 0 aromatic heterocycles. The Balaban J connectivity index is 1.28. The Bertz CT molecular complexity index is 1740. The summed E-state index contributed by atoms with van der Waals surface area (Å²) in [6, 6.07) is 3.22. The van der Waals surface area contributed by atoms with Crippen LogP contribution in [0.15, 0.2) is 47.4 Å². The molecule has 3 aliphatic carbocycles. The first-order valence-corrected chi connectivity index (χ1v) is 17.2. The van der Waals surface area contributed by atoms with Crippen molar-refractivity contribution in [3.8, 4) is 11.5 Å². The minimum atomic E-state index is -6.04. The van der Waals surface area contributed by atoms with Crippen LogP contribution in [0.3, 0.4) is 0 Å². The number of halogens is 5. The molecule has 0 heterocycles. The molecule has 10 nitrogen and oxygen atoms in total. The summed E-state index contributed by atoms with van der Waals surface area (Å²) in [4.78, 5) is 37.4. The first-order valence-electron chi connectivity index (χ1n) is 15.7. The van der Waals surface area contributed by atoms with Crippen LogP contribution < -0.4 is 20.1 Å². The number of ether oxygens (including phenoxy) is 3. The number of nitrogens with one attached hydrogen (secondary N) is 2. The normalized spacial score (nSPS) is 24.7. The number of carbonyl (C=O) groups excluding carboxylic acids is 3. The molecule has 16 heteroatoms. The minimum Gasteiger partial charge on any atom is -0.496 e. The molecular formula is C33H35F5N2O8S. The molecule has 2 fully saturated rings. The number of hydrogen-bond acceptors (Lipinski definition) is 8. The highest BCUT2D eigenvalue weighted by Crippen LogP contribution is 2.45. The van der Waals surface area contributed by atoms with Gasteiger partial charge in [-0.3, -0.25) is 14.4 Å². The Morgan fingerprint density at radius 3 is 2.29 bits per heavy atom. The van der Waals surface area contributed by atoms with Crippen LogP contribution in [0.4, 0.5) is 27.6 Å². The highest BCUT2D eigenvalue weighted by Gasteiger charge is 2.50. The van der Waals surface area contributed by atoms with Gasteiger partial charge in [-0.25, -0.2) is 17.2 Å². The number of hydrogen-bond donors (Lipinski definition) is 2. The van der Waals surface area contributed by atoms with Crippen molar-refractivity contribution in [1.82, 2.24) is 5.32 Å². The van der Waals surface area contributed by atoms with Crippen LogP contribution in [0, 0.1) is 41.2 Å². The molecule has 2 N–H and O–H groups in total. The molecule has 49 heavy (non-hydrogen) atoms. The van der Waals surface area contributed by atoms with Gasteiger partial charge in [0.15, 0.2) is 11.6 Å². The maximum Gasteiger partial charge on any atom is 0.502 e. The fourth-order valence-electron chi connectivity index (χ4n) is 6.77. The fraction of sp³-hybridized carbons (Fsp3) is 0.485. The molecule has 2 amide bonds. The van der Waals surface area contributed by atoms with Gasteiger partial charge in [-0.1, -0.05) is 12.2 Å². The van der Waals surface area contributed by atoms with E-state index in [1.165, 1.54) is 13.2 Å². The van der Waals surface area contributed by atoms with Gasteiger partial charge >= 0.3 is 11.5 Å². The second-order valence-corrected chi connectivity index (χ2v) is 14.2. The number of rotatable bonds is 11. The molecule has 0 spiro atoms. The molecule has 266 valence electrons. The summed E-state index contributed by atoms with van der Waals surface area (Å²) in [7, 11) is -4.79. The van der Waals surface area contributed by atoms with Crippen molar-refractivity contribution in [3.63, 3.8) is 0 Å². The number of anilines is 1. The summed E-state index contributed by atoms with van der Waals surface area (Å²) in [6.07, 6.45) is 6.64. The van der Waals surface area contributed by atoms with Crippen molar-refractivity contribution in [2.45, 2.75) is 55.5 Å². The Morgan fingerprint density at radius 2 is 1.63 bits per heavy atom. The molecule has 2 aromatic rings. The number of carbonyl (C=O) groups is 3. The molecule has 0 radical (unpaired) electrons. The number of sulfone groups is 1. The van der Waals surface area contributed by atoms with Gasteiger partial charge in [-0.05, 0) is 81.0 Å². The van der Waals surface area contributed by atoms with Gasteiger partial charge < -0.3 is 24.8 Å². The van der Waals surface area contributed by atoms with E-state index >= 15 is 0 Å². The SMILES string of the molecule is CCOC(=O)C1CCC(COc2cc(C(=O)N[C@@H]3C4C=C[C@H](C4)[C@@H]3C(=O)Nc3ccc(F)c(S(=O)(=O)C(F)(F)F)c3)c(OC)cc2F)CC1. The van der Waals surface area contributed by atoms with Crippen LogP contribution in [0.5, 0.6) is 11.5 Å². The van der Waals surface area contributed by atoms with Crippen LogP contribution in [-0.4, -0.2) is 58.1 Å². The number of methoxy groups -OCH3 is 1. The fourth-order valence-corrected chi connectivity index (χ4v) is 7.62. The van der Waals surface area contributed by atoms with E-state index in [9.17, 15) is 44.8 Å². The van der Waals surface area contributed by atoms with E-state index in [0.29, 0.717) is 50.8 Å². The molecular weight excluding hydrogens is 679 g/mol. The molecule has 0 saturated heterocycles. The van der Waals surface area contributed by atoms with Gasteiger partial charge in [0.1, 0.15) is 16.5 Å². The van der Waals surface area contributed by atoms with Crippen LogP contribution in [0.1, 0.15) is 49.4 Å². The zero-order valence-corrected chi connectivity index (χ0v) is 27.3. The Hall–Kier alpha value is -4.21. The lowest BCUT2D eigenvalue weighted by atomic mass is 9.82.